The van der Waals surface area contributed by atoms with Crippen LogP contribution in [-0.4, -0.2) is 36.1 Å². The van der Waals surface area contributed by atoms with Crippen molar-refractivity contribution < 1.29 is 13.4 Å². The van der Waals surface area contributed by atoms with Crippen molar-refractivity contribution in [1.29, 1.82) is 0 Å². The highest BCUT2D eigenvalue weighted by Gasteiger charge is 2.28. The smallest absolute Gasteiger partial charge is 0.358 e. The van der Waals surface area contributed by atoms with Gasteiger partial charge in [-0.3, -0.25) is 4.98 Å². The Kier molecular flexibility index (Phi) is 6.83. The maximum absolute atomic E-state index is 13.7. The first-order valence-electron chi connectivity index (χ1n) is 9.58. The van der Waals surface area contributed by atoms with Crippen molar-refractivity contribution >= 4 is 24.0 Å². The summed E-state index contributed by atoms with van der Waals surface area (Å²) >= 11 is -0.159. The van der Waals surface area contributed by atoms with Gasteiger partial charge in [-0.05, 0) is 38.1 Å². The molecule has 0 aromatic carbocycles. The van der Waals surface area contributed by atoms with Crippen LogP contribution in [0, 0.1) is 6.92 Å². The minimum Gasteiger partial charge on any atom is -0.461 e. The fourth-order valence-corrected chi connectivity index (χ4v) is 3.37. The molecule has 0 aliphatic carbocycles. The molecule has 0 radical (unpaired) electrons. The number of pyridine rings is 2. The molecule has 30 heavy (non-hydrogen) atoms. The van der Waals surface area contributed by atoms with E-state index in [1.165, 1.54) is 0 Å². The number of aromatic nitrogens is 5. The van der Waals surface area contributed by atoms with Gasteiger partial charge in [0.05, 0.1) is 12.3 Å². The average molecular weight is 428 g/mol. The van der Waals surface area contributed by atoms with Gasteiger partial charge in [-0.2, -0.15) is 9.19 Å². The maximum atomic E-state index is 13.7. The van der Waals surface area contributed by atoms with Crippen molar-refractivity contribution in [2.45, 2.75) is 27.7 Å². The second-order valence-corrected chi connectivity index (χ2v) is 6.49. The summed E-state index contributed by atoms with van der Waals surface area (Å²) in [6.45, 7) is 7.72. The molecule has 0 unspecified atom stereocenters. The Bertz CT molecular complexity index is 1170. The molecule has 0 bridgehead atoms. The standard InChI is InChI=1S/C19H16FN5O2S.C2H6/c1-3-27-19(26)18-16(13-7-8-15-21-9-10-24(15)11-13)17(23-25(18)28-20)14-6-4-5-12(2)22-14;1-2/h4-11H,3H2,1-2H3;1-2H3. The van der Waals surface area contributed by atoms with Gasteiger partial charge in [0.25, 0.3) is 0 Å². The molecule has 0 N–H and O–H groups in total. The highest BCUT2D eigenvalue weighted by Crippen LogP contribution is 2.36. The number of nitrogens with zero attached hydrogens (tertiary/aromatic N) is 5. The lowest BCUT2D eigenvalue weighted by atomic mass is 10.0. The van der Waals surface area contributed by atoms with Gasteiger partial charge in [0, 0.05) is 35.4 Å². The van der Waals surface area contributed by atoms with Crippen LogP contribution in [0.5, 0.6) is 0 Å². The summed E-state index contributed by atoms with van der Waals surface area (Å²) in [5.41, 5.74) is 3.63. The summed E-state index contributed by atoms with van der Waals surface area (Å²) in [5.74, 6) is -0.653. The van der Waals surface area contributed by atoms with Gasteiger partial charge >= 0.3 is 5.97 Å². The Morgan fingerprint density at radius 2 is 2.03 bits per heavy atom. The number of carbonyl (C=O) groups is 1. The molecule has 156 valence electrons. The molecule has 0 aliphatic rings. The number of ether oxygens (including phenoxy) is 1. The van der Waals surface area contributed by atoms with Crippen LogP contribution < -0.4 is 0 Å². The molecule has 0 aliphatic heterocycles. The summed E-state index contributed by atoms with van der Waals surface area (Å²) in [6, 6.07) is 9.10. The first-order valence-corrected chi connectivity index (χ1v) is 10.3. The molecule has 4 rings (SSSR count). The highest BCUT2D eigenvalue weighted by molar-refractivity contribution is 7.92. The molecule has 0 amide bonds. The van der Waals surface area contributed by atoms with Crippen molar-refractivity contribution in [3.63, 3.8) is 0 Å². The van der Waals surface area contributed by atoms with E-state index in [2.05, 4.69) is 15.1 Å². The fourth-order valence-electron chi connectivity index (χ4n) is 3.02. The summed E-state index contributed by atoms with van der Waals surface area (Å²) in [5, 5.41) is 4.30. The molecule has 0 saturated heterocycles. The van der Waals surface area contributed by atoms with Crippen LogP contribution in [0.15, 0.2) is 48.9 Å². The number of hydrogen-bond acceptors (Lipinski definition) is 6. The van der Waals surface area contributed by atoms with Gasteiger partial charge in [-0.25, -0.2) is 9.78 Å². The molecule has 0 spiro atoms. The third-order valence-corrected chi connectivity index (χ3v) is 4.59. The van der Waals surface area contributed by atoms with Gasteiger partial charge in [0.1, 0.15) is 11.3 Å². The first-order chi connectivity index (χ1) is 14.6. The number of rotatable bonds is 5. The lowest BCUT2D eigenvalue weighted by Gasteiger charge is -2.08. The van der Waals surface area contributed by atoms with Gasteiger partial charge in [0.2, 0.25) is 0 Å². The Morgan fingerprint density at radius 3 is 2.73 bits per heavy atom. The van der Waals surface area contributed by atoms with E-state index in [1.807, 2.05) is 55.6 Å². The molecular weight excluding hydrogens is 405 g/mol. The first kappa shape index (κ1) is 21.5. The van der Waals surface area contributed by atoms with Crippen LogP contribution in [-0.2, 0) is 4.74 Å². The number of hydrogen-bond donors (Lipinski definition) is 0. The maximum Gasteiger partial charge on any atom is 0.358 e. The van der Waals surface area contributed by atoms with Crippen LogP contribution in [0.2, 0.25) is 0 Å². The predicted molar refractivity (Wildman–Crippen MR) is 116 cm³/mol. The van der Waals surface area contributed by atoms with Crippen LogP contribution in [0.4, 0.5) is 3.89 Å². The summed E-state index contributed by atoms with van der Waals surface area (Å²) < 4.78 is 21.6. The number of aryl methyl sites for hydroxylation is 1. The third-order valence-electron chi connectivity index (χ3n) is 4.20. The summed E-state index contributed by atoms with van der Waals surface area (Å²) in [6.07, 6.45) is 5.28. The van der Waals surface area contributed by atoms with Crippen molar-refractivity contribution in [2.75, 3.05) is 6.61 Å². The van der Waals surface area contributed by atoms with E-state index in [9.17, 15) is 8.68 Å². The normalized spacial score (nSPS) is 10.6. The number of halogens is 1. The molecule has 4 aromatic heterocycles. The van der Waals surface area contributed by atoms with E-state index in [0.717, 1.165) is 15.4 Å². The second kappa shape index (κ2) is 9.53. The minimum atomic E-state index is -0.653. The Labute approximate surface area is 178 Å². The number of carbonyl (C=O) groups excluding carboxylic acids is 1. The number of imidazole rings is 1. The Hall–Kier alpha value is -3.20. The summed E-state index contributed by atoms with van der Waals surface area (Å²) in [4.78, 5) is 21.4. The van der Waals surface area contributed by atoms with Gasteiger partial charge in [-0.1, -0.05) is 19.9 Å². The zero-order valence-electron chi connectivity index (χ0n) is 17.2. The lowest BCUT2D eigenvalue weighted by Crippen LogP contribution is -2.10. The van der Waals surface area contributed by atoms with E-state index in [-0.39, 0.29) is 24.6 Å². The van der Waals surface area contributed by atoms with Crippen LogP contribution in [0.3, 0.4) is 0 Å². The van der Waals surface area contributed by atoms with Crippen LogP contribution >= 0.6 is 12.3 Å². The van der Waals surface area contributed by atoms with E-state index in [0.29, 0.717) is 22.5 Å². The molecule has 7 nitrogen and oxygen atoms in total. The van der Waals surface area contributed by atoms with Crippen molar-refractivity contribution in [3.8, 4) is 22.5 Å². The zero-order chi connectivity index (χ0) is 21.7. The molecule has 0 fully saturated rings. The number of fused-ring (bicyclic) bond motifs is 1. The number of esters is 1. The fraction of sp³-hybridized carbons (Fsp3) is 0.238. The minimum absolute atomic E-state index is 0.0205. The second-order valence-electron chi connectivity index (χ2n) is 6.01. The molecule has 4 heterocycles. The van der Waals surface area contributed by atoms with E-state index < -0.39 is 5.97 Å². The van der Waals surface area contributed by atoms with Gasteiger partial charge in [-0.15, -0.1) is 3.89 Å². The molecule has 0 saturated carbocycles. The largest absolute Gasteiger partial charge is 0.461 e. The third kappa shape index (κ3) is 4.06. The topological polar surface area (TPSA) is 74.3 Å². The van der Waals surface area contributed by atoms with Crippen LogP contribution in [0.25, 0.3) is 28.2 Å². The van der Waals surface area contributed by atoms with Gasteiger partial charge in [0.15, 0.2) is 18.0 Å². The molecular formula is C21H22FN5O2S. The predicted octanol–water partition coefficient (Wildman–Crippen LogP) is 5.15. The Balaban J connectivity index is 0.00000124. The van der Waals surface area contributed by atoms with Crippen molar-refractivity contribution in [2.24, 2.45) is 0 Å². The molecule has 9 heteroatoms. The van der Waals surface area contributed by atoms with Crippen LogP contribution in [0.1, 0.15) is 37.0 Å². The zero-order valence-corrected chi connectivity index (χ0v) is 18.0. The van der Waals surface area contributed by atoms with E-state index in [1.54, 1.807) is 25.4 Å². The van der Waals surface area contributed by atoms with Gasteiger partial charge < -0.3 is 9.14 Å². The average Bonchev–Trinajstić information content (AvgIpc) is 3.39. The monoisotopic (exact) mass is 427 g/mol. The van der Waals surface area contributed by atoms with Crippen molar-refractivity contribution in [1.82, 2.24) is 23.6 Å². The highest BCUT2D eigenvalue weighted by atomic mass is 32.2. The Morgan fingerprint density at radius 1 is 1.23 bits per heavy atom. The van der Waals surface area contributed by atoms with E-state index >= 15 is 0 Å². The van der Waals surface area contributed by atoms with Crippen molar-refractivity contribution in [3.05, 3.63) is 60.3 Å². The molecule has 0 atom stereocenters. The SMILES string of the molecule is CC.CCOC(=O)c1c(-c2ccc3nccn3c2)c(-c2cccc(C)n2)nn1SF. The van der Waals surface area contributed by atoms with E-state index in [4.69, 9.17) is 4.74 Å². The quantitative estimate of drug-likeness (QED) is 0.410. The lowest BCUT2D eigenvalue weighted by molar-refractivity contribution is 0.0518. The summed E-state index contributed by atoms with van der Waals surface area (Å²) in [7, 11) is 0. The molecule has 4 aromatic rings.